The van der Waals surface area contributed by atoms with Crippen LogP contribution in [-0.2, 0) is 6.54 Å². The Labute approximate surface area is 118 Å². The molecule has 1 N–H and O–H groups in total. The predicted molar refractivity (Wildman–Crippen MR) is 81.5 cm³/mol. The van der Waals surface area contributed by atoms with Gasteiger partial charge in [0.2, 0.25) is 0 Å². The number of nitrogens with one attached hydrogen (secondary N) is 1. The minimum atomic E-state index is 0.473. The average Bonchev–Trinajstić information content (AvgIpc) is 2.73. The van der Waals surface area contributed by atoms with Crippen molar-refractivity contribution in [2.45, 2.75) is 33.4 Å². The van der Waals surface area contributed by atoms with Crippen LogP contribution in [0.15, 0.2) is 29.6 Å². The summed E-state index contributed by atoms with van der Waals surface area (Å²) in [6.07, 6.45) is 0. The zero-order chi connectivity index (χ0) is 13.1. The van der Waals surface area contributed by atoms with Gasteiger partial charge in [0.15, 0.2) is 0 Å². The van der Waals surface area contributed by atoms with Crippen LogP contribution < -0.4 is 5.32 Å². The van der Waals surface area contributed by atoms with Gasteiger partial charge in [0.1, 0.15) is 0 Å². The lowest BCUT2D eigenvalue weighted by Crippen LogP contribution is -2.22. The Morgan fingerprint density at radius 3 is 2.67 bits per heavy atom. The first-order valence-corrected chi connectivity index (χ1v) is 7.39. The summed E-state index contributed by atoms with van der Waals surface area (Å²) in [6, 6.07) is 8.83. The Balaban J connectivity index is 2.34. The zero-order valence-corrected chi connectivity index (χ0v) is 12.5. The number of hydrogen-bond acceptors (Lipinski definition) is 2. The first-order valence-electron chi connectivity index (χ1n) is 6.13. The van der Waals surface area contributed by atoms with Crippen LogP contribution >= 0.6 is 22.9 Å². The van der Waals surface area contributed by atoms with E-state index in [9.17, 15) is 0 Å². The van der Waals surface area contributed by atoms with Gasteiger partial charge in [0, 0.05) is 22.5 Å². The zero-order valence-electron chi connectivity index (χ0n) is 11.0. The lowest BCUT2D eigenvalue weighted by atomic mass is 10.0. The Morgan fingerprint density at radius 1 is 1.28 bits per heavy atom. The highest BCUT2D eigenvalue weighted by Gasteiger charge is 2.08. The first-order chi connectivity index (χ1) is 8.56. The molecule has 18 heavy (non-hydrogen) atoms. The Kier molecular flexibility index (Phi) is 4.44. The fraction of sp³-hybridized carbons (Fsp3) is 0.333. The fourth-order valence-corrected chi connectivity index (χ4v) is 2.79. The molecule has 2 rings (SSSR count). The molecule has 1 heterocycles. The topological polar surface area (TPSA) is 12.0 Å². The van der Waals surface area contributed by atoms with Crippen LogP contribution in [0.1, 0.15) is 24.3 Å². The second kappa shape index (κ2) is 5.87. The molecule has 0 spiro atoms. The highest BCUT2D eigenvalue weighted by atomic mass is 35.5. The van der Waals surface area contributed by atoms with Crippen molar-refractivity contribution in [1.82, 2.24) is 5.32 Å². The van der Waals surface area contributed by atoms with Gasteiger partial charge in [-0.15, -0.1) is 11.3 Å². The van der Waals surface area contributed by atoms with E-state index in [2.05, 4.69) is 49.7 Å². The van der Waals surface area contributed by atoms with Crippen molar-refractivity contribution < 1.29 is 0 Å². The van der Waals surface area contributed by atoms with E-state index in [1.165, 1.54) is 21.6 Å². The van der Waals surface area contributed by atoms with Crippen molar-refractivity contribution in [3.8, 4) is 11.1 Å². The SMILES string of the molecule is Cc1cc(-c2ccc(Cl)cc2CNC(C)C)cs1. The van der Waals surface area contributed by atoms with Crippen molar-refractivity contribution in [2.24, 2.45) is 0 Å². The third-order valence-corrected chi connectivity index (χ3v) is 3.91. The van der Waals surface area contributed by atoms with E-state index in [4.69, 9.17) is 11.6 Å². The minimum absolute atomic E-state index is 0.473. The summed E-state index contributed by atoms with van der Waals surface area (Å²) >= 11 is 7.88. The molecule has 0 aliphatic rings. The summed E-state index contributed by atoms with van der Waals surface area (Å²) in [5.74, 6) is 0. The van der Waals surface area contributed by atoms with Crippen molar-refractivity contribution in [3.05, 3.63) is 45.1 Å². The van der Waals surface area contributed by atoms with Crippen molar-refractivity contribution in [3.63, 3.8) is 0 Å². The quantitative estimate of drug-likeness (QED) is 0.841. The summed E-state index contributed by atoms with van der Waals surface area (Å²) in [5, 5.41) is 6.45. The number of benzene rings is 1. The van der Waals surface area contributed by atoms with Gasteiger partial charge < -0.3 is 5.32 Å². The summed E-state index contributed by atoms with van der Waals surface area (Å²) < 4.78 is 0. The van der Waals surface area contributed by atoms with Crippen LogP contribution in [-0.4, -0.2) is 6.04 Å². The number of hydrogen-bond donors (Lipinski definition) is 1. The van der Waals surface area contributed by atoms with E-state index in [-0.39, 0.29) is 0 Å². The molecule has 96 valence electrons. The lowest BCUT2D eigenvalue weighted by molar-refractivity contribution is 0.589. The molecule has 0 aliphatic carbocycles. The molecular weight excluding hydrogens is 262 g/mol. The Hall–Kier alpha value is -0.830. The number of thiophene rings is 1. The maximum Gasteiger partial charge on any atom is 0.0409 e. The molecule has 1 aromatic heterocycles. The first kappa shape index (κ1) is 13.6. The molecule has 0 fully saturated rings. The van der Waals surface area contributed by atoms with Gasteiger partial charge in [-0.25, -0.2) is 0 Å². The normalized spacial score (nSPS) is 11.2. The highest BCUT2D eigenvalue weighted by Crippen LogP contribution is 2.30. The van der Waals surface area contributed by atoms with Gasteiger partial charge in [0.05, 0.1) is 0 Å². The fourth-order valence-electron chi connectivity index (χ4n) is 1.89. The van der Waals surface area contributed by atoms with Crippen LogP contribution in [0, 0.1) is 6.92 Å². The third kappa shape index (κ3) is 3.35. The van der Waals surface area contributed by atoms with E-state index < -0.39 is 0 Å². The van der Waals surface area contributed by atoms with Gasteiger partial charge in [-0.3, -0.25) is 0 Å². The second-order valence-corrected chi connectivity index (χ2v) is 6.33. The van der Waals surface area contributed by atoms with E-state index in [1.54, 1.807) is 11.3 Å². The van der Waals surface area contributed by atoms with Crippen LogP contribution in [0.25, 0.3) is 11.1 Å². The van der Waals surface area contributed by atoms with E-state index in [1.807, 2.05) is 6.07 Å². The molecule has 0 saturated carbocycles. The number of rotatable bonds is 4. The Morgan fingerprint density at radius 2 is 2.06 bits per heavy atom. The predicted octanol–water partition coefficient (Wildman–Crippen LogP) is 4.87. The van der Waals surface area contributed by atoms with Crippen LogP contribution in [0.2, 0.25) is 5.02 Å². The van der Waals surface area contributed by atoms with Gasteiger partial charge in [-0.1, -0.05) is 31.5 Å². The molecule has 0 saturated heterocycles. The molecule has 0 radical (unpaired) electrons. The molecule has 2 aromatic rings. The van der Waals surface area contributed by atoms with Crippen LogP contribution in [0.3, 0.4) is 0 Å². The lowest BCUT2D eigenvalue weighted by Gasteiger charge is -2.12. The van der Waals surface area contributed by atoms with Crippen LogP contribution in [0.5, 0.6) is 0 Å². The molecule has 0 atom stereocenters. The summed E-state index contributed by atoms with van der Waals surface area (Å²) in [5.41, 5.74) is 3.82. The monoisotopic (exact) mass is 279 g/mol. The van der Waals surface area contributed by atoms with E-state index >= 15 is 0 Å². The highest BCUT2D eigenvalue weighted by molar-refractivity contribution is 7.10. The molecule has 1 aromatic carbocycles. The van der Waals surface area contributed by atoms with Gasteiger partial charge in [0.25, 0.3) is 0 Å². The number of aryl methyl sites for hydroxylation is 1. The summed E-state index contributed by atoms with van der Waals surface area (Å²) in [7, 11) is 0. The second-order valence-electron chi connectivity index (χ2n) is 4.78. The molecule has 3 heteroatoms. The average molecular weight is 280 g/mol. The molecule has 0 unspecified atom stereocenters. The largest absolute Gasteiger partial charge is 0.310 e. The van der Waals surface area contributed by atoms with Crippen molar-refractivity contribution >= 4 is 22.9 Å². The Bertz CT molecular complexity index is 531. The summed E-state index contributed by atoms with van der Waals surface area (Å²) in [4.78, 5) is 1.34. The smallest absolute Gasteiger partial charge is 0.0409 e. The van der Waals surface area contributed by atoms with Crippen LogP contribution in [0.4, 0.5) is 0 Å². The van der Waals surface area contributed by atoms with E-state index in [0.717, 1.165) is 11.6 Å². The third-order valence-electron chi connectivity index (χ3n) is 2.81. The van der Waals surface area contributed by atoms with Crippen molar-refractivity contribution in [1.29, 1.82) is 0 Å². The van der Waals surface area contributed by atoms with E-state index in [0.29, 0.717) is 6.04 Å². The molecule has 0 aliphatic heterocycles. The molecule has 1 nitrogen and oxygen atoms in total. The maximum atomic E-state index is 6.10. The maximum absolute atomic E-state index is 6.10. The molecule has 0 bridgehead atoms. The number of halogens is 1. The van der Waals surface area contributed by atoms with Gasteiger partial charge in [-0.2, -0.15) is 0 Å². The minimum Gasteiger partial charge on any atom is -0.310 e. The van der Waals surface area contributed by atoms with Gasteiger partial charge in [-0.05, 0) is 47.2 Å². The van der Waals surface area contributed by atoms with Crippen molar-refractivity contribution in [2.75, 3.05) is 0 Å². The summed E-state index contributed by atoms with van der Waals surface area (Å²) in [6.45, 7) is 7.29. The van der Waals surface area contributed by atoms with Gasteiger partial charge >= 0.3 is 0 Å². The molecular formula is C15H18ClNS. The standard InChI is InChI=1S/C15H18ClNS/c1-10(2)17-8-12-7-14(16)4-5-15(12)13-6-11(3)18-9-13/h4-7,9-10,17H,8H2,1-3H3. The molecule has 0 amide bonds.